The first kappa shape index (κ1) is 16.7. The summed E-state index contributed by atoms with van der Waals surface area (Å²) in [7, 11) is 1.53. The average molecular weight is 283 g/mol. The van der Waals surface area contributed by atoms with E-state index < -0.39 is 6.10 Å². The minimum atomic E-state index is -0.561. The maximum Gasteiger partial charge on any atom is 0.271 e. The van der Waals surface area contributed by atoms with E-state index in [2.05, 4.69) is 10.4 Å². The quantitative estimate of drug-likeness (QED) is 0.819. The Morgan fingerprint density at radius 1 is 1.55 bits per heavy atom. The van der Waals surface area contributed by atoms with Crippen molar-refractivity contribution in [2.24, 2.45) is 0 Å². The van der Waals surface area contributed by atoms with E-state index >= 15 is 0 Å². The van der Waals surface area contributed by atoms with Crippen LogP contribution in [0.3, 0.4) is 0 Å². The number of aryl methyl sites for hydroxylation is 1. The van der Waals surface area contributed by atoms with Crippen molar-refractivity contribution in [3.8, 4) is 0 Å². The summed E-state index contributed by atoms with van der Waals surface area (Å²) in [6.45, 7) is 8.71. The third-order valence-corrected chi connectivity index (χ3v) is 2.88. The second-order valence-electron chi connectivity index (χ2n) is 5.91. The van der Waals surface area contributed by atoms with Gasteiger partial charge in [0.05, 0.1) is 18.2 Å². The van der Waals surface area contributed by atoms with Crippen molar-refractivity contribution in [1.82, 2.24) is 15.1 Å². The van der Waals surface area contributed by atoms with Crippen LogP contribution in [0.5, 0.6) is 0 Å². The molecule has 20 heavy (non-hydrogen) atoms. The van der Waals surface area contributed by atoms with Crippen LogP contribution in [0.2, 0.25) is 0 Å². The number of amides is 1. The molecule has 2 N–H and O–H groups in total. The van der Waals surface area contributed by atoms with Crippen LogP contribution in [0.25, 0.3) is 0 Å². The number of rotatable bonds is 6. The number of ether oxygens (including phenoxy) is 1. The summed E-state index contributed by atoms with van der Waals surface area (Å²) in [6.07, 6.45) is -0.104. The molecule has 1 aromatic rings. The maximum absolute atomic E-state index is 12.0. The second kappa shape index (κ2) is 6.85. The maximum atomic E-state index is 12.0. The predicted octanol–water partition coefficient (Wildman–Crippen LogP) is 1.07. The summed E-state index contributed by atoms with van der Waals surface area (Å²) in [5, 5.41) is 16.6. The molecule has 0 saturated heterocycles. The van der Waals surface area contributed by atoms with Crippen molar-refractivity contribution >= 4 is 5.91 Å². The number of carbonyl (C=O) groups excluding carboxylic acids is 1. The van der Waals surface area contributed by atoms with Gasteiger partial charge in [0.1, 0.15) is 5.69 Å². The first-order chi connectivity index (χ1) is 9.25. The van der Waals surface area contributed by atoms with Gasteiger partial charge in [-0.05, 0) is 40.2 Å². The third kappa shape index (κ3) is 4.61. The fourth-order valence-electron chi connectivity index (χ4n) is 1.98. The fraction of sp³-hybridized carbons (Fsp3) is 0.714. The van der Waals surface area contributed by atoms with Gasteiger partial charge in [-0.1, -0.05) is 0 Å². The molecule has 114 valence electrons. The van der Waals surface area contributed by atoms with Crippen LogP contribution in [-0.4, -0.2) is 47.2 Å². The Bertz CT molecular complexity index is 449. The lowest BCUT2D eigenvalue weighted by Crippen LogP contribution is -2.29. The third-order valence-electron chi connectivity index (χ3n) is 2.88. The standard InChI is InChI=1S/C14H25N3O3/c1-10-8-12(16-17(10)14(2,3)4)13(19)15-7-6-11(18)9-20-5/h8,11,18H,6-7,9H2,1-5H3,(H,15,19). The van der Waals surface area contributed by atoms with Gasteiger partial charge >= 0.3 is 0 Å². The highest BCUT2D eigenvalue weighted by Crippen LogP contribution is 2.16. The van der Waals surface area contributed by atoms with E-state index in [4.69, 9.17) is 4.74 Å². The summed E-state index contributed by atoms with van der Waals surface area (Å²) < 4.78 is 6.66. The highest BCUT2D eigenvalue weighted by Gasteiger charge is 2.20. The van der Waals surface area contributed by atoms with Crippen LogP contribution < -0.4 is 5.32 Å². The van der Waals surface area contributed by atoms with Crippen molar-refractivity contribution in [3.63, 3.8) is 0 Å². The zero-order valence-corrected chi connectivity index (χ0v) is 12.9. The number of nitrogens with one attached hydrogen (secondary N) is 1. The summed E-state index contributed by atoms with van der Waals surface area (Å²) in [5.41, 5.74) is 1.19. The number of methoxy groups -OCH3 is 1. The lowest BCUT2D eigenvalue weighted by Gasteiger charge is -2.21. The van der Waals surface area contributed by atoms with Crippen LogP contribution in [0.1, 0.15) is 43.4 Å². The normalized spacial score (nSPS) is 13.3. The Balaban J connectivity index is 2.57. The molecule has 0 aliphatic carbocycles. The molecule has 1 atom stereocenters. The Labute approximate surface area is 120 Å². The van der Waals surface area contributed by atoms with E-state index in [0.717, 1.165) is 5.69 Å². The summed E-state index contributed by atoms with van der Waals surface area (Å²) in [4.78, 5) is 12.0. The second-order valence-corrected chi connectivity index (χ2v) is 5.91. The molecular formula is C14H25N3O3. The molecule has 0 spiro atoms. The highest BCUT2D eigenvalue weighted by atomic mass is 16.5. The molecule has 6 heteroatoms. The zero-order valence-electron chi connectivity index (χ0n) is 12.9. The zero-order chi connectivity index (χ0) is 15.3. The number of hydrogen-bond acceptors (Lipinski definition) is 4. The molecule has 0 aromatic carbocycles. The molecule has 1 heterocycles. The largest absolute Gasteiger partial charge is 0.391 e. The molecule has 0 fully saturated rings. The molecule has 0 bridgehead atoms. The van der Waals surface area contributed by atoms with E-state index in [1.807, 2.05) is 32.4 Å². The van der Waals surface area contributed by atoms with Crippen LogP contribution in [0.15, 0.2) is 6.07 Å². The molecule has 6 nitrogen and oxygen atoms in total. The van der Waals surface area contributed by atoms with Crippen molar-refractivity contribution in [1.29, 1.82) is 0 Å². The van der Waals surface area contributed by atoms with Gasteiger partial charge < -0.3 is 15.2 Å². The Morgan fingerprint density at radius 3 is 2.70 bits per heavy atom. The predicted molar refractivity (Wildman–Crippen MR) is 76.8 cm³/mol. The molecule has 0 aliphatic rings. The number of aliphatic hydroxyl groups excluding tert-OH is 1. The van der Waals surface area contributed by atoms with Crippen LogP contribution in [-0.2, 0) is 10.3 Å². The van der Waals surface area contributed by atoms with Gasteiger partial charge in [-0.3, -0.25) is 9.48 Å². The lowest BCUT2D eigenvalue weighted by atomic mass is 10.1. The van der Waals surface area contributed by atoms with Gasteiger partial charge in [0.15, 0.2) is 0 Å². The number of aliphatic hydroxyl groups is 1. The van der Waals surface area contributed by atoms with Gasteiger partial charge in [-0.15, -0.1) is 0 Å². The van der Waals surface area contributed by atoms with Gasteiger partial charge in [-0.2, -0.15) is 5.10 Å². The molecule has 1 unspecified atom stereocenters. The number of hydrogen-bond donors (Lipinski definition) is 2. The van der Waals surface area contributed by atoms with Crippen LogP contribution in [0.4, 0.5) is 0 Å². The molecule has 1 aromatic heterocycles. The van der Waals surface area contributed by atoms with Gasteiger partial charge in [0, 0.05) is 19.3 Å². The SMILES string of the molecule is COCC(O)CCNC(=O)c1cc(C)n(C(C)(C)C)n1. The number of nitrogens with zero attached hydrogens (tertiary/aromatic N) is 2. The summed E-state index contributed by atoms with van der Waals surface area (Å²) in [5.74, 6) is -0.222. The van der Waals surface area contributed by atoms with Crippen molar-refractivity contribution in [2.75, 3.05) is 20.3 Å². The molecule has 0 saturated carbocycles. The Morgan fingerprint density at radius 2 is 2.20 bits per heavy atom. The van der Waals surface area contributed by atoms with Gasteiger partial charge in [0.2, 0.25) is 0 Å². The van der Waals surface area contributed by atoms with Gasteiger partial charge in [0.25, 0.3) is 5.91 Å². The number of aromatic nitrogens is 2. The molecule has 0 radical (unpaired) electrons. The minimum absolute atomic E-state index is 0.155. The fourth-order valence-corrected chi connectivity index (χ4v) is 1.98. The van der Waals surface area contributed by atoms with Crippen LogP contribution in [0, 0.1) is 6.92 Å². The van der Waals surface area contributed by atoms with E-state index in [0.29, 0.717) is 18.7 Å². The van der Waals surface area contributed by atoms with E-state index in [1.54, 1.807) is 6.07 Å². The van der Waals surface area contributed by atoms with Crippen molar-refractivity contribution in [3.05, 3.63) is 17.5 Å². The molecule has 0 aliphatic heterocycles. The highest BCUT2D eigenvalue weighted by molar-refractivity contribution is 5.92. The molecule has 1 rings (SSSR count). The van der Waals surface area contributed by atoms with Gasteiger partial charge in [-0.25, -0.2) is 0 Å². The summed E-state index contributed by atoms with van der Waals surface area (Å²) >= 11 is 0. The Kier molecular flexibility index (Phi) is 5.71. The topological polar surface area (TPSA) is 76.4 Å². The van der Waals surface area contributed by atoms with Crippen molar-refractivity contribution < 1.29 is 14.6 Å². The Hall–Kier alpha value is -1.40. The first-order valence-electron chi connectivity index (χ1n) is 6.78. The number of carbonyl (C=O) groups is 1. The van der Waals surface area contributed by atoms with E-state index in [9.17, 15) is 9.90 Å². The molecular weight excluding hydrogens is 258 g/mol. The average Bonchev–Trinajstić information content (AvgIpc) is 2.71. The van der Waals surface area contributed by atoms with Crippen molar-refractivity contribution in [2.45, 2.75) is 45.8 Å². The van der Waals surface area contributed by atoms with Crippen LogP contribution >= 0.6 is 0 Å². The first-order valence-corrected chi connectivity index (χ1v) is 6.78. The monoisotopic (exact) mass is 283 g/mol. The lowest BCUT2D eigenvalue weighted by molar-refractivity contribution is 0.0587. The minimum Gasteiger partial charge on any atom is -0.391 e. The smallest absolute Gasteiger partial charge is 0.271 e. The molecule has 1 amide bonds. The summed E-state index contributed by atoms with van der Waals surface area (Å²) in [6, 6.07) is 1.77. The van der Waals surface area contributed by atoms with E-state index in [-0.39, 0.29) is 18.1 Å². The van der Waals surface area contributed by atoms with E-state index in [1.165, 1.54) is 7.11 Å².